The average Bonchev–Trinajstić information content (AvgIpc) is 2.87. The van der Waals surface area contributed by atoms with Gasteiger partial charge in [-0.15, -0.1) is 0 Å². The topological polar surface area (TPSA) is 55.6 Å². The summed E-state index contributed by atoms with van der Waals surface area (Å²) in [6.07, 6.45) is 5.51. The van der Waals surface area contributed by atoms with E-state index < -0.39 is 0 Å². The number of hydrogen-bond donors (Lipinski definition) is 1. The molecule has 0 fully saturated rings. The smallest absolute Gasteiger partial charge is 0.133 e. The van der Waals surface area contributed by atoms with Crippen LogP contribution in [-0.2, 0) is 6.54 Å². The Hall–Kier alpha value is -1.91. The second-order valence-corrected chi connectivity index (χ2v) is 4.75. The zero-order chi connectivity index (χ0) is 13.8. The van der Waals surface area contributed by atoms with E-state index in [9.17, 15) is 0 Å². The van der Waals surface area contributed by atoms with E-state index in [1.807, 2.05) is 17.1 Å². The monoisotopic (exact) mass is 259 g/mol. The molecular weight excluding hydrogens is 238 g/mol. The highest BCUT2D eigenvalue weighted by atomic mass is 15.3. The molecule has 0 aliphatic carbocycles. The third kappa shape index (κ3) is 2.75. The van der Waals surface area contributed by atoms with Gasteiger partial charge >= 0.3 is 0 Å². The summed E-state index contributed by atoms with van der Waals surface area (Å²) in [5.74, 6) is 1.28. The van der Waals surface area contributed by atoms with Crippen molar-refractivity contribution in [1.29, 1.82) is 0 Å². The van der Waals surface area contributed by atoms with Crippen LogP contribution in [0, 0.1) is 0 Å². The molecule has 0 saturated heterocycles. The maximum absolute atomic E-state index is 4.46. The van der Waals surface area contributed by atoms with Crippen LogP contribution in [0.3, 0.4) is 0 Å². The van der Waals surface area contributed by atoms with Crippen LogP contribution in [0.4, 0.5) is 5.82 Å². The molecule has 2 heterocycles. The molecule has 0 aliphatic heterocycles. The molecule has 0 aliphatic rings. The number of nitrogens with one attached hydrogen (secondary N) is 1. The summed E-state index contributed by atoms with van der Waals surface area (Å²) in [5.41, 5.74) is 3.17. The van der Waals surface area contributed by atoms with Crippen molar-refractivity contribution < 1.29 is 0 Å². The van der Waals surface area contributed by atoms with Crippen molar-refractivity contribution in [1.82, 2.24) is 19.7 Å². The van der Waals surface area contributed by atoms with Crippen molar-refractivity contribution in [3.05, 3.63) is 24.3 Å². The number of hydrogen-bond acceptors (Lipinski definition) is 4. The maximum Gasteiger partial charge on any atom is 0.133 e. The van der Waals surface area contributed by atoms with E-state index >= 15 is 0 Å². The standard InChI is InChI=1S/C14H21N5/c1-5-15-14-12(10(3)4)13(16-9-17-14)11-7-18-19(6-2)8-11/h7-10H,5-6H2,1-4H3,(H,15,16,17). The molecule has 102 valence electrons. The number of nitrogens with zero attached hydrogens (tertiary/aromatic N) is 4. The molecule has 0 bridgehead atoms. The van der Waals surface area contributed by atoms with E-state index in [0.29, 0.717) is 5.92 Å². The highest BCUT2D eigenvalue weighted by Crippen LogP contribution is 2.31. The van der Waals surface area contributed by atoms with Gasteiger partial charge in [0.15, 0.2) is 0 Å². The van der Waals surface area contributed by atoms with Crippen LogP contribution in [-0.4, -0.2) is 26.3 Å². The van der Waals surface area contributed by atoms with Gasteiger partial charge in [0.25, 0.3) is 0 Å². The van der Waals surface area contributed by atoms with Crippen LogP contribution < -0.4 is 5.32 Å². The van der Waals surface area contributed by atoms with Gasteiger partial charge in [-0.1, -0.05) is 13.8 Å². The van der Waals surface area contributed by atoms with Gasteiger partial charge in [-0.05, 0) is 19.8 Å². The van der Waals surface area contributed by atoms with Crippen LogP contribution >= 0.6 is 0 Å². The minimum atomic E-state index is 0.357. The molecule has 2 aromatic rings. The first-order valence-electron chi connectivity index (χ1n) is 6.78. The third-order valence-corrected chi connectivity index (χ3v) is 3.04. The molecule has 5 nitrogen and oxygen atoms in total. The van der Waals surface area contributed by atoms with Gasteiger partial charge in [0.2, 0.25) is 0 Å². The summed E-state index contributed by atoms with van der Waals surface area (Å²) >= 11 is 0. The SMILES string of the molecule is CCNc1ncnc(-c2cnn(CC)c2)c1C(C)C. The lowest BCUT2D eigenvalue weighted by Crippen LogP contribution is -2.07. The molecule has 0 radical (unpaired) electrons. The first kappa shape index (κ1) is 13.5. The Morgan fingerprint density at radius 2 is 2.05 bits per heavy atom. The van der Waals surface area contributed by atoms with Gasteiger partial charge in [-0.2, -0.15) is 5.10 Å². The van der Waals surface area contributed by atoms with Crippen LogP contribution in [0.2, 0.25) is 0 Å². The first-order chi connectivity index (χ1) is 9.17. The minimum absolute atomic E-state index is 0.357. The first-order valence-corrected chi connectivity index (χ1v) is 6.78. The van der Waals surface area contributed by atoms with Crippen molar-refractivity contribution in [2.24, 2.45) is 0 Å². The molecule has 0 aromatic carbocycles. The largest absolute Gasteiger partial charge is 0.370 e. The second kappa shape index (κ2) is 5.82. The highest BCUT2D eigenvalue weighted by molar-refractivity contribution is 5.68. The van der Waals surface area contributed by atoms with Crippen molar-refractivity contribution in [3.63, 3.8) is 0 Å². The summed E-state index contributed by atoms with van der Waals surface area (Å²) in [6, 6.07) is 0. The van der Waals surface area contributed by atoms with Crippen LogP contribution in [0.1, 0.15) is 39.2 Å². The molecular formula is C14H21N5. The highest BCUT2D eigenvalue weighted by Gasteiger charge is 2.16. The lowest BCUT2D eigenvalue weighted by Gasteiger charge is -2.15. The van der Waals surface area contributed by atoms with Gasteiger partial charge in [-0.3, -0.25) is 4.68 Å². The van der Waals surface area contributed by atoms with E-state index in [1.165, 1.54) is 0 Å². The van der Waals surface area contributed by atoms with Crippen LogP contribution in [0.15, 0.2) is 18.7 Å². The van der Waals surface area contributed by atoms with Gasteiger partial charge in [0.1, 0.15) is 12.1 Å². The quantitative estimate of drug-likeness (QED) is 0.897. The Balaban J connectivity index is 2.52. The molecule has 0 spiro atoms. The zero-order valence-corrected chi connectivity index (χ0v) is 12.0. The van der Waals surface area contributed by atoms with E-state index in [2.05, 4.69) is 48.1 Å². The van der Waals surface area contributed by atoms with E-state index in [4.69, 9.17) is 0 Å². The number of anilines is 1. The Bertz CT molecular complexity index is 545. The van der Waals surface area contributed by atoms with E-state index in [1.54, 1.807) is 6.33 Å². The fourth-order valence-electron chi connectivity index (χ4n) is 2.14. The predicted molar refractivity (Wildman–Crippen MR) is 77.2 cm³/mol. The summed E-state index contributed by atoms with van der Waals surface area (Å²) in [7, 11) is 0. The molecule has 2 aromatic heterocycles. The zero-order valence-electron chi connectivity index (χ0n) is 12.0. The third-order valence-electron chi connectivity index (χ3n) is 3.04. The van der Waals surface area contributed by atoms with Crippen molar-refractivity contribution in [2.45, 2.75) is 40.2 Å². The van der Waals surface area contributed by atoms with Crippen LogP contribution in [0.5, 0.6) is 0 Å². The Kier molecular flexibility index (Phi) is 4.14. The molecule has 0 saturated carbocycles. The average molecular weight is 259 g/mol. The number of rotatable bonds is 5. The lowest BCUT2D eigenvalue weighted by molar-refractivity contribution is 0.660. The fourth-order valence-corrected chi connectivity index (χ4v) is 2.14. The van der Waals surface area contributed by atoms with Gasteiger partial charge < -0.3 is 5.32 Å². The molecule has 0 unspecified atom stereocenters. The predicted octanol–water partition coefficient (Wildman–Crippen LogP) is 2.92. The number of aromatic nitrogens is 4. The van der Waals surface area contributed by atoms with Crippen LogP contribution in [0.25, 0.3) is 11.3 Å². The van der Waals surface area contributed by atoms with E-state index in [-0.39, 0.29) is 0 Å². The van der Waals surface area contributed by atoms with Gasteiger partial charge in [-0.25, -0.2) is 9.97 Å². The number of aryl methyl sites for hydroxylation is 1. The second-order valence-electron chi connectivity index (χ2n) is 4.75. The Labute approximate surface area is 114 Å². The van der Waals surface area contributed by atoms with Gasteiger partial charge in [0, 0.05) is 30.4 Å². The Morgan fingerprint density at radius 3 is 2.63 bits per heavy atom. The summed E-state index contributed by atoms with van der Waals surface area (Å²) in [5, 5.41) is 7.63. The van der Waals surface area contributed by atoms with Crippen molar-refractivity contribution in [2.75, 3.05) is 11.9 Å². The molecule has 1 N–H and O–H groups in total. The summed E-state index contributed by atoms with van der Waals surface area (Å²) in [6.45, 7) is 10.2. The molecule has 2 rings (SSSR count). The van der Waals surface area contributed by atoms with Crippen molar-refractivity contribution >= 4 is 5.82 Å². The summed E-state index contributed by atoms with van der Waals surface area (Å²) < 4.78 is 1.91. The lowest BCUT2D eigenvalue weighted by atomic mass is 9.99. The summed E-state index contributed by atoms with van der Waals surface area (Å²) in [4.78, 5) is 8.81. The fraction of sp³-hybridized carbons (Fsp3) is 0.500. The molecule has 19 heavy (non-hydrogen) atoms. The Morgan fingerprint density at radius 1 is 1.26 bits per heavy atom. The van der Waals surface area contributed by atoms with Crippen molar-refractivity contribution in [3.8, 4) is 11.3 Å². The van der Waals surface area contributed by atoms with E-state index in [0.717, 1.165) is 35.7 Å². The minimum Gasteiger partial charge on any atom is -0.370 e. The molecule has 0 amide bonds. The normalized spacial score (nSPS) is 11.0. The van der Waals surface area contributed by atoms with Gasteiger partial charge in [0.05, 0.1) is 11.9 Å². The maximum atomic E-state index is 4.46. The molecule has 5 heteroatoms. The molecule has 0 atom stereocenters.